The van der Waals surface area contributed by atoms with Crippen LogP contribution in [0.15, 0.2) is 241 Å². The fourth-order valence-electron chi connectivity index (χ4n) is 11.1. The molecule has 0 aliphatic heterocycles. The van der Waals surface area contributed by atoms with Crippen LogP contribution in [0.4, 0.5) is 0 Å². The fourth-order valence-corrected chi connectivity index (χ4v) is 11.1. The molecule has 0 bridgehead atoms. The molecule has 0 N–H and O–H groups in total. The van der Waals surface area contributed by atoms with E-state index in [4.69, 9.17) is 19.4 Å². The molecule has 0 saturated carbocycles. The third-order valence-electron chi connectivity index (χ3n) is 14.2. The van der Waals surface area contributed by atoms with E-state index in [0.29, 0.717) is 17.5 Å². The van der Waals surface area contributed by atoms with Crippen LogP contribution >= 0.6 is 0 Å². The van der Waals surface area contributed by atoms with E-state index in [1.807, 2.05) is 24.3 Å². The maximum absolute atomic E-state index is 6.65. The molecule has 2 aromatic heterocycles. The van der Waals surface area contributed by atoms with Gasteiger partial charge in [-0.2, -0.15) is 0 Å². The molecule has 1 spiro atoms. The van der Waals surface area contributed by atoms with Gasteiger partial charge in [-0.3, -0.25) is 0 Å². The first-order chi connectivity index (χ1) is 33.7. The molecule has 68 heavy (non-hydrogen) atoms. The first kappa shape index (κ1) is 38.3. The van der Waals surface area contributed by atoms with E-state index in [1.165, 1.54) is 44.5 Å². The Morgan fingerprint density at radius 1 is 0.265 bits per heavy atom. The zero-order chi connectivity index (χ0) is 44.8. The Morgan fingerprint density at radius 3 is 1.38 bits per heavy atom. The normalized spacial score (nSPS) is 12.8. The molecule has 14 rings (SSSR count). The smallest absolute Gasteiger partial charge is 0.164 e. The van der Waals surface area contributed by atoms with Gasteiger partial charge in [0.25, 0.3) is 0 Å². The second kappa shape index (κ2) is 15.0. The van der Waals surface area contributed by atoms with Crippen molar-refractivity contribution in [3.63, 3.8) is 0 Å². The molecule has 12 aromatic rings. The number of fused-ring (bicyclic) bond motifs is 13. The van der Waals surface area contributed by atoms with Crippen LogP contribution < -0.4 is 0 Å². The Labute approximate surface area is 393 Å². The predicted molar refractivity (Wildman–Crippen MR) is 276 cm³/mol. The minimum absolute atomic E-state index is 0.425. The average Bonchev–Trinajstić information content (AvgIpc) is 4.05. The van der Waals surface area contributed by atoms with Gasteiger partial charge in [0.15, 0.2) is 17.5 Å². The van der Waals surface area contributed by atoms with E-state index >= 15 is 0 Å². The van der Waals surface area contributed by atoms with Gasteiger partial charge >= 0.3 is 0 Å². The van der Waals surface area contributed by atoms with Gasteiger partial charge in [-0.05, 0) is 108 Å². The van der Waals surface area contributed by atoms with Crippen LogP contribution in [0.1, 0.15) is 22.3 Å². The number of nitrogens with zero attached hydrogens (tertiary/aromatic N) is 3. The highest BCUT2D eigenvalue weighted by molar-refractivity contribution is 6.13. The fraction of sp³-hybridized carbons (Fsp3) is 0.0156. The number of hydrogen-bond donors (Lipinski definition) is 0. The topological polar surface area (TPSA) is 51.8 Å². The zero-order valence-electron chi connectivity index (χ0n) is 36.8. The van der Waals surface area contributed by atoms with E-state index in [9.17, 15) is 0 Å². The summed E-state index contributed by atoms with van der Waals surface area (Å²) in [7, 11) is 0. The number of furan rings is 1. The lowest BCUT2D eigenvalue weighted by atomic mass is 9.70. The van der Waals surface area contributed by atoms with Crippen molar-refractivity contribution in [1.82, 2.24) is 15.0 Å². The molecule has 0 radical (unpaired) electrons. The van der Waals surface area contributed by atoms with Gasteiger partial charge in [-0.15, -0.1) is 0 Å². The van der Waals surface area contributed by atoms with Gasteiger partial charge in [-0.1, -0.05) is 206 Å². The lowest BCUT2D eigenvalue weighted by molar-refractivity contribution is 0.669. The van der Waals surface area contributed by atoms with E-state index in [-0.39, 0.29) is 0 Å². The number of hydrogen-bond acceptors (Lipinski definition) is 4. The summed E-state index contributed by atoms with van der Waals surface area (Å²) in [5, 5.41) is 1.97. The van der Waals surface area contributed by atoms with Gasteiger partial charge in [0.2, 0.25) is 0 Å². The molecule has 0 unspecified atom stereocenters. The Bertz CT molecular complexity index is 3900. The summed E-state index contributed by atoms with van der Waals surface area (Å²) >= 11 is 0. The second-order valence-corrected chi connectivity index (χ2v) is 17.8. The number of rotatable bonds is 6. The van der Waals surface area contributed by atoms with E-state index in [2.05, 4.69) is 212 Å². The molecule has 316 valence electrons. The lowest BCUT2D eigenvalue weighted by Gasteiger charge is -2.30. The molecule has 2 aliphatic carbocycles. The molecule has 2 heterocycles. The van der Waals surface area contributed by atoms with Crippen LogP contribution in [0.25, 0.3) is 112 Å². The Morgan fingerprint density at radius 2 is 0.706 bits per heavy atom. The van der Waals surface area contributed by atoms with Gasteiger partial charge in [-0.25, -0.2) is 15.0 Å². The van der Waals surface area contributed by atoms with E-state index in [1.54, 1.807) is 0 Å². The van der Waals surface area contributed by atoms with Crippen LogP contribution in [0.2, 0.25) is 0 Å². The Balaban J connectivity index is 0.938. The van der Waals surface area contributed by atoms with Crippen molar-refractivity contribution in [3.05, 3.63) is 259 Å². The molecule has 0 amide bonds. The van der Waals surface area contributed by atoms with Crippen LogP contribution in [-0.4, -0.2) is 15.0 Å². The first-order valence-corrected chi connectivity index (χ1v) is 23.2. The molecule has 4 nitrogen and oxygen atoms in total. The van der Waals surface area contributed by atoms with Crippen molar-refractivity contribution in [2.24, 2.45) is 0 Å². The van der Waals surface area contributed by atoms with Gasteiger partial charge in [0.1, 0.15) is 11.2 Å². The van der Waals surface area contributed by atoms with Gasteiger partial charge < -0.3 is 4.42 Å². The highest BCUT2D eigenvalue weighted by Gasteiger charge is 2.51. The van der Waals surface area contributed by atoms with Crippen LogP contribution in [0, 0.1) is 0 Å². The van der Waals surface area contributed by atoms with Crippen molar-refractivity contribution < 1.29 is 4.42 Å². The molecule has 10 aromatic carbocycles. The predicted octanol–water partition coefficient (Wildman–Crippen LogP) is 16.1. The maximum Gasteiger partial charge on any atom is 0.164 e. The van der Waals surface area contributed by atoms with Crippen molar-refractivity contribution in [1.29, 1.82) is 0 Å². The van der Waals surface area contributed by atoms with Crippen molar-refractivity contribution in [2.75, 3.05) is 0 Å². The summed E-state index contributed by atoms with van der Waals surface area (Å²) in [5.74, 6) is 1.78. The standard InChI is InChI=1S/C64H39N3O/c1-3-15-40(16-4-1)42-29-31-43(32-30-42)61-65-62(47-20-13-19-44(37-47)41-17-5-2-6-18-41)67-63(66-61)52-24-14-28-59-60(52)53-38-45(34-36-58(53)68-59)46-33-35-51-50-23-9-12-27-56(50)64(57(51)39-46)54-25-10-7-21-48(54)49-22-8-11-26-55(49)64/h1-39H. The van der Waals surface area contributed by atoms with Gasteiger partial charge in [0, 0.05) is 27.5 Å². The molecular formula is C64H39N3O. The minimum atomic E-state index is -0.425. The number of benzene rings is 10. The van der Waals surface area contributed by atoms with Crippen molar-refractivity contribution in [3.8, 4) is 89.8 Å². The maximum atomic E-state index is 6.65. The molecule has 0 fully saturated rings. The largest absolute Gasteiger partial charge is 0.456 e. The lowest BCUT2D eigenvalue weighted by Crippen LogP contribution is -2.25. The second-order valence-electron chi connectivity index (χ2n) is 17.8. The molecule has 4 heteroatoms. The van der Waals surface area contributed by atoms with E-state index in [0.717, 1.165) is 72.0 Å². The van der Waals surface area contributed by atoms with Crippen molar-refractivity contribution >= 4 is 21.9 Å². The summed E-state index contributed by atoms with van der Waals surface area (Å²) < 4.78 is 6.65. The first-order valence-electron chi connectivity index (χ1n) is 23.2. The zero-order valence-corrected chi connectivity index (χ0v) is 36.8. The molecule has 0 atom stereocenters. The summed E-state index contributed by atoms with van der Waals surface area (Å²) in [4.78, 5) is 15.7. The Kier molecular flexibility index (Phi) is 8.46. The average molecular weight is 866 g/mol. The van der Waals surface area contributed by atoms with E-state index < -0.39 is 5.41 Å². The monoisotopic (exact) mass is 865 g/mol. The highest BCUT2D eigenvalue weighted by atomic mass is 16.3. The third kappa shape index (κ3) is 5.77. The SMILES string of the molecule is c1ccc(-c2ccc(-c3nc(-c4cccc(-c5ccccc5)c4)nc(-c4cccc5oc6ccc(-c7ccc8c(c7)C7(c9ccccc9-c9ccccc97)c7ccccc7-8)cc6c45)n3)cc2)cc1. The highest BCUT2D eigenvalue weighted by Crippen LogP contribution is 2.63. The summed E-state index contributed by atoms with van der Waals surface area (Å²) in [6, 6.07) is 84.5. The molecular weight excluding hydrogens is 827 g/mol. The molecule has 2 aliphatic rings. The third-order valence-corrected chi connectivity index (χ3v) is 14.2. The Hall–Kier alpha value is -8.99. The van der Waals surface area contributed by atoms with Crippen LogP contribution in [0.3, 0.4) is 0 Å². The minimum Gasteiger partial charge on any atom is -0.456 e. The van der Waals surface area contributed by atoms with Gasteiger partial charge in [0.05, 0.1) is 5.41 Å². The summed E-state index contributed by atoms with van der Waals surface area (Å²) in [6.07, 6.45) is 0. The molecule has 0 saturated heterocycles. The summed E-state index contributed by atoms with van der Waals surface area (Å²) in [5.41, 5.74) is 21.1. The van der Waals surface area contributed by atoms with Crippen LogP contribution in [-0.2, 0) is 5.41 Å². The van der Waals surface area contributed by atoms with Crippen molar-refractivity contribution in [2.45, 2.75) is 5.41 Å². The summed E-state index contributed by atoms with van der Waals surface area (Å²) in [6.45, 7) is 0. The number of aromatic nitrogens is 3. The van der Waals surface area contributed by atoms with Crippen LogP contribution in [0.5, 0.6) is 0 Å². The quantitative estimate of drug-likeness (QED) is 0.167.